The molecular formula is C24H13Cl2N3O5. The third kappa shape index (κ3) is 4.48. The Balaban J connectivity index is 1.43. The third-order valence-electron chi connectivity index (χ3n) is 4.91. The smallest absolute Gasteiger partial charge is 0.338 e. The molecule has 34 heavy (non-hydrogen) atoms. The molecule has 10 heteroatoms. The van der Waals surface area contributed by atoms with Crippen molar-refractivity contribution < 1.29 is 23.9 Å². The van der Waals surface area contributed by atoms with Crippen molar-refractivity contribution in [3.05, 3.63) is 93.0 Å². The van der Waals surface area contributed by atoms with Gasteiger partial charge in [0.2, 0.25) is 0 Å². The third-order valence-corrected chi connectivity index (χ3v) is 5.48. The molecule has 1 aliphatic heterocycles. The van der Waals surface area contributed by atoms with Gasteiger partial charge in [-0.25, -0.2) is 9.69 Å². The maximum absolute atomic E-state index is 12.8. The number of nitrogens with one attached hydrogen (secondary N) is 1. The lowest BCUT2D eigenvalue weighted by Gasteiger charge is -2.13. The van der Waals surface area contributed by atoms with E-state index < -0.39 is 30.3 Å². The monoisotopic (exact) mass is 493 g/mol. The Morgan fingerprint density at radius 3 is 2.32 bits per heavy atom. The second kappa shape index (κ2) is 9.35. The number of anilines is 2. The molecule has 0 atom stereocenters. The van der Waals surface area contributed by atoms with E-state index in [2.05, 4.69) is 5.32 Å². The summed E-state index contributed by atoms with van der Waals surface area (Å²) in [4.78, 5) is 51.1. The molecule has 0 aromatic heterocycles. The van der Waals surface area contributed by atoms with Crippen molar-refractivity contribution in [1.29, 1.82) is 5.26 Å². The van der Waals surface area contributed by atoms with Crippen molar-refractivity contribution in [2.75, 3.05) is 16.8 Å². The molecule has 168 valence electrons. The number of halogens is 2. The Morgan fingerprint density at radius 2 is 1.65 bits per heavy atom. The molecule has 1 heterocycles. The van der Waals surface area contributed by atoms with Gasteiger partial charge in [0.15, 0.2) is 6.61 Å². The second-order valence-corrected chi connectivity index (χ2v) is 7.96. The maximum Gasteiger partial charge on any atom is 0.338 e. The topological polar surface area (TPSA) is 117 Å². The highest BCUT2D eigenvalue weighted by Crippen LogP contribution is 2.30. The average Bonchev–Trinajstić information content (AvgIpc) is 3.07. The summed E-state index contributed by atoms with van der Waals surface area (Å²) in [6, 6.07) is 16.4. The number of carbonyl (C=O) groups is 4. The van der Waals surface area contributed by atoms with Crippen LogP contribution >= 0.6 is 23.2 Å². The van der Waals surface area contributed by atoms with Crippen LogP contribution in [0.5, 0.6) is 0 Å². The largest absolute Gasteiger partial charge is 0.452 e. The molecule has 1 aliphatic rings. The fourth-order valence-electron chi connectivity index (χ4n) is 3.29. The van der Waals surface area contributed by atoms with Crippen LogP contribution in [0, 0.1) is 11.3 Å². The molecule has 0 bridgehead atoms. The fourth-order valence-corrected chi connectivity index (χ4v) is 3.64. The molecule has 0 radical (unpaired) electrons. The van der Waals surface area contributed by atoms with E-state index in [4.69, 9.17) is 33.2 Å². The molecule has 0 saturated carbocycles. The fraction of sp³-hybridized carbons (Fsp3) is 0.0417. The Kier molecular flexibility index (Phi) is 6.32. The van der Waals surface area contributed by atoms with Gasteiger partial charge in [-0.1, -0.05) is 23.2 Å². The van der Waals surface area contributed by atoms with Crippen LogP contribution in [0.4, 0.5) is 11.4 Å². The van der Waals surface area contributed by atoms with Crippen LogP contribution in [0.3, 0.4) is 0 Å². The van der Waals surface area contributed by atoms with Gasteiger partial charge in [0.1, 0.15) is 6.07 Å². The SMILES string of the molecule is N#Cc1ccc(NC(=O)COC(=O)c2ccc3c(c2)C(=O)N(c2ccc(Cl)cc2)C3=O)cc1Cl. The average molecular weight is 494 g/mol. The van der Waals surface area contributed by atoms with Gasteiger partial charge in [0.05, 0.1) is 33.0 Å². The number of benzene rings is 3. The summed E-state index contributed by atoms with van der Waals surface area (Å²) in [7, 11) is 0. The highest BCUT2D eigenvalue weighted by molar-refractivity contribution is 6.35. The van der Waals surface area contributed by atoms with Crippen LogP contribution in [0.2, 0.25) is 10.0 Å². The minimum Gasteiger partial charge on any atom is -0.452 e. The summed E-state index contributed by atoms with van der Waals surface area (Å²) in [6.45, 7) is -0.600. The van der Waals surface area contributed by atoms with Crippen LogP contribution < -0.4 is 10.2 Å². The van der Waals surface area contributed by atoms with Crippen molar-refractivity contribution in [3.8, 4) is 6.07 Å². The molecular weight excluding hydrogens is 481 g/mol. The number of hydrogen-bond acceptors (Lipinski definition) is 6. The number of hydrogen-bond donors (Lipinski definition) is 1. The Labute approximate surface area is 203 Å². The van der Waals surface area contributed by atoms with Crippen molar-refractivity contribution >= 4 is 58.3 Å². The predicted molar refractivity (Wildman–Crippen MR) is 124 cm³/mol. The van der Waals surface area contributed by atoms with E-state index in [1.54, 1.807) is 24.3 Å². The number of carbonyl (C=O) groups excluding carboxylic acids is 4. The Hall–Kier alpha value is -4.19. The Bertz CT molecular complexity index is 1400. The van der Waals surface area contributed by atoms with Crippen molar-refractivity contribution in [3.63, 3.8) is 0 Å². The van der Waals surface area contributed by atoms with Gasteiger partial charge < -0.3 is 10.1 Å². The normalized spacial score (nSPS) is 12.2. The van der Waals surface area contributed by atoms with E-state index >= 15 is 0 Å². The van der Waals surface area contributed by atoms with Crippen LogP contribution in [0.25, 0.3) is 0 Å². The highest BCUT2D eigenvalue weighted by Gasteiger charge is 2.37. The first kappa shape index (κ1) is 23.0. The first-order valence-corrected chi connectivity index (χ1v) is 10.5. The molecule has 0 aliphatic carbocycles. The van der Waals surface area contributed by atoms with E-state index in [9.17, 15) is 19.2 Å². The lowest BCUT2D eigenvalue weighted by molar-refractivity contribution is -0.119. The van der Waals surface area contributed by atoms with Gasteiger partial charge in [-0.3, -0.25) is 14.4 Å². The molecule has 1 N–H and O–H groups in total. The van der Waals surface area contributed by atoms with E-state index in [0.29, 0.717) is 16.4 Å². The van der Waals surface area contributed by atoms with Crippen LogP contribution in [0.1, 0.15) is 36.6 Å². The number of nitriles is 1. The van der Waals surface area contributed by atoms with Crippen molar-refractivity contribution in [1.82, 2.24) is 0 Å². The Morgan fingerprint density at radius 1 is 0.941 bits per heavy atom. The summed E-state index contributed by atoms with van der Waals surface area (Å²) >= 11 is 11.8. The molecule has 0 saturated heterocycles. The lowest BCUT2D eigenvalue weighted by Crippen LogP contribution is -2.29. The lowest BCUT2D eigenvalue weighted by atomic mass is 10.1. The van der Waals surface area contributed by atoms with Gasteiger partial charge in [-0.15, -0.1) is 0 Å². The number of ether oxygens (including phenoxy) is 1. The molecule has 8 nitrogen and oxygen atoms in total. The van der Waals surface area contributed by atoms with Gasteiger partial charge in [0.25, 0.3) is 17.7 Å². The predicted octanol–water partition coefficient (Wildman–Crippen LogP) is 4.46. The second-order valence-electron chi connectivity index (χ2n) is 7.11. The zero-order chi connectivity index (χ0) is 24.4. The van der Waals surface area contributed by atoms with Crippen molar-refractivity contribution in [2.24, 2.45) is 0 Å². The minimum atomic E-state index is -0.846. The number of esters is 1. The van der Waals surface area contributed by atoms with Gasteiger partial charge in [-0.05, 0) is 60.7 Å². The number of rotatable bonds is 5. The standard InChI is InChI=1S/C24H13Cl2N3O5/c25-15-3-6-17(7-4-15)29-22(31)18-8-2-13(9-19(18)23(29)32)24(33)34-12-21(30)28-16-5-1-14(11-27)20(26)10-16/h1-10H,12H2,(H,28,30). The van der Waals surface area contributed by atoms with Crippen molar-refractivity contribution in [2.45, 2.75) is 0 Å². The molecule has 0 unspecified atom stereocenters. The number of nitrogens with zero attached hydrogens (tertiary/aromatic N) is 2. The van der Waals surface area contributed by atoms with E-state index in [1.165, 1.54) is 36.4 Å². The molecule has 4 rings (SSSR count). The van der Waals surface area contributed by atoms with E-state index in [0.717, 1.165) is 4.90 Å². The summed E-state index contributed by atoms with van der Waals surface area (Å²) in [5, 5.41) is 12.0. The van der Waals surface area contributed by atoms with Gasteiger partial charge in [0, 0.05) is 10.7 Å². The van der Waals surface area contributed by atoms with Crippen LogP contribution in [-0.4, -0.2) is 30.3 Å². The summed E-state index contributed by atoms with van der Waals surface area (Å²) < 4.78 is 5.02. The van der Waals surface area contributed by atoms with Crippen LogP contribution in [0.15, 0.2) is 60.7 Å². The minimum absolute atomic E-state index is 0.00655. The zero-order valence-electron chi connectivity index (χ0n) is 17.2. The molecule has 3 aromatic carbocycles. The number of imide groups is 1. The highest BCUT2D eigenvalue weighted by atomic mass is 35.5. The van der Waals surface area contributed by atoms with E-state index in [1.807, 2.05) is 6.07 Å². The summed E-state index contributed by atoms with van der Waals surface area (Å²) in [5.41, 5.74) is 1.13. The maximum atomic E-state index is 12.8. The first-order chi connectivity index (χ1) is 16.3. The first-order valence-electron chi connectivity index (χ1n) is 9.73. The molecule has 3 aromatic rings. The molecule has 3 amide bonds. The number of fused-ring (bicyclic) bond motifs is 1. The van der Waals surface area contributed by atoms with Gasteiger partial charge >= 0.3 is 5.97 Å². The van der Waals surface area contributed by atoms with E-state index in [-0.39, 0.29) is 27.3 Å². The summed E-state index contributed by atoms with van der Waals surface area (Å²) in [6.07, 6.45) is 0. The number of amides is 3. The summed E-state index contributed by atoms with van der Waals surface area (Å²) in [5.74, 6) is -2.59. The zero-order valence-corrected chi connectivity index (χ0v) is 18.7. The quantitative estimate of drug-likeness (QED) is 0.414. The molecule has 0 spiro atoms. The van der Waals surface area contributed by atoms with Crippen LogP contribution in [-0.2, 0) is 9.53 Å². The van der Waals surface area contributed by atoms with Gasteiger partial charge in [-0.2, -0.15) is 5.26 Å². The molecule has 0 fully saturated rings.